The summed E-state index contributed by atoms with van der Waals surface area (Å²) in [6.45, 7) is 3.48. The van der Waals surface area contributed by atoms with Crippen LogP contribution < -0.4 is 4.90 Å². The van der Waals surface area contributed by atoms with Crippen molar-refractivity contribution in [3.8, 4) is 0 Å². The average molecular weight is 346 g/mol. The van der Waals surface area contributed by atoms with E-state index in [0.717, 1.165) is 29.4 Å². The molecule has 0 atom stereocenters. The van der Waals surface area contributed by atoms with Crippen LogP contribution in [0, 0.1) is 5.92 Å². The number of hydrogen-bond donors (Lipinski definition) is 0. The van der Waals surface area contributed by atoms with Gasteiger partial charge in [0, 0.05) is 35.7 Å². The lowest BCUT2D eigenvalue weighted by atomic mass is 9.95. The van der Waals surface area contributed by atoms with E-state index in [1.165, 1.54) is 30.6 Å². The molecule has 0 radical (unpaired) electrons. The van der Waals surface area contributed by atoms with Crippen molar-refractivity contribution in [2.45, 2.75) is 18.2 Å². The third-order valence-electron chi connectivity index (χ3n) is 3.77. The second-order valence-electron chi connectivity index (χ2n) is 5.60. The van der Waals surface area contributed by atoms with E-state index in [-0.39, 0.29) is 0 Å². The van der Waals surface area contributed by atoms with E-state index < -0.39 is 0 Å². The van der Waals surface area contributed by atoms with E-state index in [1.807, 2.05) is 6.07 Å². The minimum Gasteiger partial charge on any atom is -0.371 e. The monoisotopic (exact) mass is 344 g/mol. The third-order valence-corrected chi connectivity index (χ3v) is 4.61. The van der Waals surface area contributed by atoms with Gasteiger partial charge < -0.3 is 9.80 Å². The first-order chi connectivity index (χ1) is 9.10. The molecule has 106 valence electrons. The predicted octanol–water partition coefficient (Wildman–Crippen LogP) is 4.01. The largest absolute Gasteiger partial charge is 0.371 e. The number of halogens is 2. The normalized spacial score (nSPS) is 17.2. The number of rotatable bonds is 4. The minimum absolute atomic E-state index is 0.829. The van der Waals surface area contributed by atoms with Crippen molar-refractivity contribution in [3.05, 3.63) is 28.8 Å². The lowest BCUT2D eigenvalue weighted by molar-refractivity contribution is 0.285. The molecule has 0 amide bonds. The highest BCUT2D eigenvalue weighted by Crippen LogP contribution is 2.30. The first kappa shape index (κ1) is 15.1. The summed E-state index contributed by atoms with van der Waals surface area (Å²) in [6, 6.07) is 6.20. The molecule has 1 aliphatic heterocycles. The molecule has 0 unspecified atom stereocenters. The number of benzene rings is 1. The highest BCUT2D eigenvalue weighted by atomic mass is 79.9. The number of piperidine rings is 1. The average Bonchev–Trinajstić information content (AvgIpc) is 2.39. The molecular formula is C15H22BrClN2. The quantitative estimate of drug-likeness (QED) is 0.761. The molecular weight excluding hydrogens is 324 g/mol. The van der Waals surface area contributed by atoms with Gasteiger partial charge in [-0.3, -0.25) is 0 Å². The summed E-state index contributed by atoms with van der Waals surface area (Å²) < 4.78 is 0. The predicted molar refractivity (Wildman–Crippen MR) is 87.6 cm³/mol. The van der Waals surface area contributed by atoms with Crippen LogP contribution in [0.2, 0.25) is 5.02 Å². The van der Waals surface area contributed by atoms with Gasteiger partial charge in [-0.05, 0) is 50.6 Å². The third kappa shape index (κ3) is 4.11. The van der Waals surface area contributed by atoms with Crippen molar-refractivity contribution in [3.63, 3.8) is 0 Å². The van der Waals surface area contributed by atoms with Crippen LogP contribution in [0.15, 0.2) is 18.2 Å². The molecule has 2 rings (SSSR count). The van der Waals surface area contributed by atoms with Gasteiger partial charge in [0.2, 0.25) is 0 Å². The Morgan fingerprint density at radius 1 is 1.32 bits per heavy atom. The van der Waals surface area contributed by atoms with Crippen molar-refractivity contribution in [1.82, 2.24) is 4.90 Å². The maximum atomic E-state index is 6.14. The molecule has 1 fully saturated rings. The van der Waals surface area contributed by atoms with E-state index in [0.29, 0.717) is 0 Å². The van der Waals surface area contributed by atoms with Crippen LogP contribution in [0.4, 0.5) is 5.69 Å². The smallest absolute Gasteiger partial charge is 0.0426 e. The molecule has 1 heterocycles. The molecule has 1 aromatic carbocycles. The van der Waals surface area contributed by atoms with Crippen molar-refractivity contribution in [2.24, 2.45) is 5.92 Å². The Kier molecular flexibility index (Phi) is 5.55. The zero-order valence-electron chi connectivity index (χ0n) is 11.7. The van der Waals surface area contributed by atoms with Gasteiger partial charge in [0.1, 0.15) is 0 Å². The molecule has 0 saturated carbocycles. The number of anilines is 1. The number of alkyl halides is 1. The number of nitrogens with zero attached hydrogens (tertiary/aromatic N) is 2. The first-order valence-electron chi connectivity index (χ1n) is 6.84. The van der Waals surface area contributed by atoms with E-state index in [4.69, 9.17) is 11.6 Å². The van der Waals surface area contributed by atoms with Crippen LogP contribution in [0.1, 0.15) is 18.4 Å². The second-order valence-corrected chi connectivity index (χ2v) is 6.60. The van der Waals surface area contributed by atoms with Gasteiger partial charge in [0.15, 0.2) is 0 Å². The Labute approximate surface area is 129 Å². The molecule has 0 bridgehead atoms. The van der Waals surface area contributed by atoms with E-state index in [1.54, 1.807) is 0 Å². The van der Waals surface area contributed by atoms with Gasteiger partial charge in [0.25, 0.3) is 0 Å². The topological polar surface area (TPSA) is 6.48 Å². The Hall–Kier alpha value is -0.250. The SMILES string of the molecule is CN(C)CC1CCN(c2cc(Cl)ccc2CBr)CC1. The highest BCUT2D eigenvalue weighted by molar-refractivity contribution is 9.08. The summed E-state index contributed by atoms with van der Waals surface area (Å²) in [5.74, 6) is 0.831. The summed E-state index contributed by atoms with van der Waals surface area (Å²) in [4.78, 5) is 4.78. The second kappa shape index (κ2) is 6.96. The van der Waals surface area contributed by atoms with Gasteiger partial charge in [-0.15, -0.1) is 0 Å². The fourth-order valence-corrected chi connectivity index (χ4v) is 3.46. The summed E-state index contributed by atoms with van der Waals surface area (Å²) in [6.07, 6.45) is 2.54. The summed E-state index contributed by atoms with van der Waals surface area (Å²) in [7, 11) is 4.32. The number of hydrogen-bond acceptors (Lipinski definition) is 2. The maximum absolute atomic E-state index is 6.14. The van der Waals surface area contributed by atoms with E-state index >= 15 is 0 Å². The zero-order chi connectivity index (χ0) is 13.8. The Balaban J connectivity index is 2.03. The summed E-state index contributed by atoms with van der Waals surface area (Å²) in [5, 5.41) is 1.71. The van der Waals surface area contributed by atoms with Crippen LogP contribution >= 0.6 is 27.5 Å². The van der Waals surface area contributed by atoms with Crippen molar-refractivity contribution < 1.29 is 0 Å². The van der Waals surface area contributed by atoms with Gasteiger partial charge in [-0.2, -0.15) is 0 Å². The van der Waals surface area contributed by atoms with Crippen LogP contribution in [0.5, 0.6) is 0 Å². The van der Waals surface area contributed by atoms with E-state index in [9.17, 15) is 0 Å². The molecule has 2 nitrogen and oxygen atoms in total. The maximum Gasteiger partial charge on any atom is 0.0426 e. The van der Waals surface area contributed by atoms with Gasteiger partial charge in [-0.1, -0.05) is 33.6 Å². The summed E-state index contributed by atoms with van der Waals surface area (Å²) in [5.41, 5.74) is 2.63. The standard InChI is InChI=1S/C15H22BrClN2/c1-18(2)11-12-5-7-19(8-6-12)15-9-14(17)4-3-13(15)10-16/h3-4,9,12H,5-8,10-11H2,1-2H3. The van der Waals surface area contributed by atoms with Crippen molar-refractivity contribution >= 4 is 33.2 Å². The van der Waals surface area contributed by atoms with Gasteiger partial charge in [-0.25, -0.2) is 0 Å². The van der Waals surface area contributed by atoms with Crippen LogP contribution in [0.3, 0.4) is 0 Å². The molecule has 0 spiro atoms. The van der Waals surface area contributed by atoms with Crippen molar-refractivity contribution in [1.29, 1.82) is 0 Å². The zero-order valence-corrected chi connectivity index (χ0v) is 14.0. The molecule has 1 aromatic rings. The molecule has 0 N–H and O–H groups in total. The minimum atomic E-state index is 0.829. The lowest BCUT2D eigenvalue weighted by Gasteiger charge is -2.35. The molecule has 4 heteroatoms. The molecule has 1 aliphatic rings. The first-order valence-corrected chi connectivity index (χ1v) is 8.34. The van der Waals surface area contributed by atoms with Crippen molar-refractivity contribution in [2.75, 3.05) is 38.6 Å². The fourth-order valence-electron chi connectivity index (χ4n) is 2.82. The van der Waals surface area contributed by atoms with Gasteiger partial charge >= 0.3 is 0 Å². The fraction of sp³-hybridized carbons (Fsp3) is 0.600. The van der Waals surface area contributed by atoms with Crippen LogP contribution in [-0.4, -0.2) is 38.6 Å². The highest BCUT2D eigenvalue weighted by Gasteiger charge is 2.21. The Bertz CT molecular complexity index is 415. The van der Waals surface area contributed by atoms with Gasteiger partial charge in [0.05, 0.1) is 0 Å². The molecule has 1 saturated heterocycles. The Morgan fingerprint density at radius 2 is 2.00 bits per heavy atom. The van der Waals surface area contributed by atoms with Crippen LogP contribution in [-0.2, 0) is 5.33 Å². The molecule has 0 aromatic heterocycles. The Morgan fingerprint density at radius 3 is 2.58 bits per heavy atom. The molecule has 0 aliphatic carbocycles. The lowest BCUT2D eigenvalue weighted by Crippen LogP contribution is -2.37. The van der Waals surface area contributed by atoms with E-state index in [2.05, 4.69) is 52.0 Å². The summed E-state index contributed by atoms with van der Waals surface area (Å²) >= 11 is 9.71. The molecule has 19 heavy (non-hydrogen) atoms. The van der Waals surface area contributed by atoms with Crippen LogP contribution in [0.25, 0.3) is 0 Å².